The smallest absolute Gasteiger partial charge is 0.418 e. The van der Waals surface area contributed by atoms with Gasteiger partial charge in [-0.3, -0.25) is 9.59 Å². The van der Waals surface area contributed by atoms with E-state index >= 15 is 0 Å². The Morgan fingerprint density at radius 3 is 2.52 bits per heavy atom. The van der Waals surface area contributed by atoms with Crippen LogP contribution in [0.25, 0.3) is 10.9 Å². The normalized spacial score (nSPS) is 11.5. The van der Waals surface area contributed by atoms with Gasteiger partial charge in [0, 0.05) is 17.1 Å². The number of aromatic amines is 1. The molecule has 0 radical (unpaired) electrons. The number of aromatic nitrogens is 1. The van der Waals surface area contributed by atoms with Crippen LogP contribution in [0.5, 0.6) is 0 Å². The van der Waals surface area contributed by atoms with E-state index < -0.39 is 24.2 Å². The third-order valence-electron chi connectivity index (χ3n) is 5.14. The quantitative estimate of drug-likeness (QED) is 0.412. The highest BCUT2D eigenvalue weighted by atomic mass is 19.4. The van der Waals surface area contributed by atoms with Crippen LogP contribution in [-0.4, -0.2) is 28.2 Å². The summed E-state index contributed by atoms with van der Waals surface area (Å²) in [6.45, 7) is -0.434. The van der Waals surface area contributed by atoms with Crippen molar-refractivity contribution in [1.29, 1.82) is 0 Å². The number of H-pyrrole nitrogens is 1. The number of nitrogens with one attached hydrogen (secondary N) is 2. The second-order valence-corrected chi connectivity index (χ2v) is 7.46. The first-order chi connectivity index (χ1) is 15.8. The molecule has 2 aromatic heterocycles. The molecule has 0 bridgehead atoms. The maximum absolute atomic E-state index is 13.2. The van der Waals surface area contributed by atoms with Crippen molar-refractivity contribution in [1.82, 2.24) is 9.88 Å². The van der Waals surface area contributed by atoms with Gasteiger partial charge < -0.3 is 19.6 Å². The number of rotatable bonds is 7. The predicted molar refractivity (Wildman–Crippen MR) is 116 cm³/mol. The van der Waals surface area contributed by atoms with E-state index in [1.807, 2.05) is 24.3 Å². The molecule has 0 saturated carbocycles. The second-order valence-electron chi connectivity index (χ2n) is 7.46. The maximum atomic E-state index is 13.2. The summed E-state index contributed by atoms with van der Waals surface area (Å²) in [4.78, 5) is 30.1. The van der Waals surface area contributed by atoms with Crippen molar-refractivity contribution in [2.45, 2.75) is 19.1 Å². The first-order valence-corrected chi connectivity index (χ1v) is 10.1. The average molecular weight is 455 g/mol. The minimum absolute atomic E-state index is 0.00251. The standard InChI is InChI=1S/C24H20F3N3O3/c25-24(26,27)19-8-2-4-10-21(19)29-22(31)15-30(14-17-6-5-11-33-17)23(32)12-16-13-28-20-9-3-1-7-18(16)20/h1-11,13,28H,12,14-15H2,(H,29,31). The van der Waals surface area contributed by atoms with Crippen molar-refractivity contribution >= 4 is 28.4 Å². The Bertz CT molecular complexity index is 1260. The number of alkyl halides is 3. The molecule has 170 valence electrons. The van der Waals surface area contributed by atoms with Crippen LogP contribution < -0.4 is 5.32 Å². The summed E-state index contributed by atoms with van der Waals surface area (Å²) in [5, 5.41) is 3.16. The zero-order valence-corrected chi connectivity index (χ0v) is 17.4. The van der Waals surface area contributed by atoms with Gasteiger partial charge in [0.15, 0.2) is 0 Å². The number of benzene rings is 2. The van der Waals surface area contributed by atoms with Crippen LogP contribution in [0.4, 0.5) is 18.9 Å². The van der Waals surface area contributed by atoms with E-state index in [9.17, 15) is 22.8 Å². The molecule has 0 spiro atoms. The van der Waals surface area contributed by atoms with Gasteiger partial charge in [-0.2, -0.15) is 13.2 Å². The minimum atomic E-state index is -4.62. The first-order valence-electron chi connectivity index (χ1n) is 10.1. The highest BCUT2D eigenvalue weighted by Gasteiger charge is 2.33. The molecule has 6 nitrogen and oxygen atoms in total. The molecule has 0 atom stereocenters. The fourth-order valence-corrected chi connectivity index (χ4v) is 3.58. The van der Waals surface area contributed by atoms with E-state index in [2.05, 4.69) is 10.3 Å². The monoisotopic (exact) mass is 455 g/mol. The molecule has 2 amide bonds. The second kappa shape index (κ2) is 9.23. The molecule has 2 N–H and O–H groups in total. The van der Waals surface area contributed by atoms with Crippen LogP contribution in [0.1, 0.15) is 16.9 Å². The third kappa shape index (κ3) is 5.25. The van der Waals surface area contributed by atoms with Gasteiger partial charge in [-0.15, -0.1) is 0 Å². The summed E-state index contributed by atoms with van der Waals surface area (Å²) < 4.78 is 45.1. The number of furan rings is 1. The number of carbonyl (C=O) groups excluding carboxylic acids is 2. The van der Waals surface area contributed by atoms with Crippen molar-refractivity contribution < 1.29 is 27.2 Å². The summed E-state index contributed by atoms with van der Waals surface area (Å²) in [5.41, 5.74) is 0.306. The molecule has 4 aromatic rings. The number of hydrogen-bond acceptors (Lipinski definition) is 3. The summed E-state index contributed by atoms with van der Waals surface area (Å²) in [5.74, 6) is -0.660. The molecule has 0 unspecified atom stereocenters. The number of carbonyl (C=O) groups is 2. The average Bonchev–Trinajstić information content (AvgIpc) is 3.43. The van der Waals surface area contributed by atoms with E-state index in [4.69, 9.17) is 4.42 Å². The molecule has 2 heterocycles. The number of amides is 2. The zero-order chi connectivity index (χ0) is 23.4. The van der Waals surface area contributed by atoms with Crippen molar-refractivity contribution in [3.63, 3.8) is 0 Å². The Labute approximate surface area is 187 Å². The lowest BCUT2D eigenvalue weighted by atomic mass is 10.1. The van der Waals surface area contributed by atoms with Crippen molar-refractivity contribution in [2.75, 3.05) is 11.9 Å². The van der Waals surface area contributed by atoms with Gasteiger partial charge in [0.1, 0.15) is 12.3 Å². The third-order valence-corrected chi connectivity index (χ3v) is 5.14. The summed E-state index contributed by atoms with van der Waals surface area (Å²) in [6, 6.07) is 15.5. The Morgan fingerprint density at radius 1 is 1.00 bits per heavy atom. The van der Waals surface area contributed by atoms with Crippen LogP contribution >= 0.6 is 0 Å². The molecule has 0 aliphatic heterocycles. The lowest BCUT2D eigenvalue weighted by Crippen LogP contribution is -2.38. The summed E-state index contributed by atoms with van der Waals surface area (Å²) in [7, 11) is 0. The number of fused-ring (bicyclic) bond motifs is 1. The molecule has 0 fully saturated rings. The molecule has 2 aromatic carbocycles. The number of para-hydroxylation sites is 2. The van der Waals surface area contributed by atoms with E-state index in [0.29, 0.717) is 5.76 Å². The van der Waals surface area contributed by atoms with Gasteiger partial charge in [0.25, 0.3) is 0 Å². The number of hydrogen-bond donors (Lipinski definition) is 2. The van der Waals surface area contributed by atoms with Crippen LogP contribution in [-0.2, 0) is 28.7 Å². The highest BCUT2D eigenvalue weighted by Crippen LogP contribution is 2.34. The SMILES string of the molecule is O=C(CN(Cc1ccco1)C(=O)Cc1c[nH]c2ccccc12)Nc1ccccc1C(F)(F)F. The maximum Gasteiger partial charge on any atom is 0.418 e. The van der Waals surface area contributed by atoms with Gasteiger partial charge >= 0.3 is 6.18 Å². The topological polar surface area (TPSA) is 78.3 Å². The van der Waals surface area contributed by atoms with Crippen LogP contribution in [0.2, 0.25) is 0 Å². The van der Waals surface area contributed by atoms with E-state index in [-0.39, 0.29) is 24.6 Å². The number of anilines is 1. The molecule has 0 saturated heterocycles. The van der Waals surface area contributed by atoms with Crippen molar-refractivity contribution in [3.8, 4) is 0 Å². The van der Waals surface area contributed by atoms with Crippen molar-refractivity contribution in [3.05, 3.63) is 90.0 Å². The van der Waals surface area contributed by atoms with Gasteiger partial charge in [-0.25, -0.2) is 0 Å². The van der Waals surface area contributed by atoms with Gasteiger partial charge in [0.2, 0.25) is 11.8 Å². The molecule has 4 rings (SSSR count). The van der Waals surface area contributed by atoms with Gasteiger partial charge in [0.05, 0.1) is 30.5 Å². The van der Waals surface area contributed by atoms with Crippen LogP contribution in [0, 0.1) is 0 Å². The summed E-state index contributed by atoms with van der Waals surface area (Å²) >= 11 is 0. The Kier molecular flexibility index (Phi) is 6.21. The Balaban J connectivity index is 1.52. The molecular formula is C24H20F3N3O3. The van der Waals surface area contributed by atoms with Crippen molar-refractivity contribution in [2.24, 2.45) is 0 Å². The van der Waals surface area contributed by atoms with Crippen LogP contribution in [0.3, 0.4) is 0 Å². The fourth-order valence-electron chi connectivity index (χ4n) is 3.58. The molecule has 9 heteroatoms. The summed E-state index contributed by atoms with van der Waals surface area (Å²) in [6.07, 6.45) is -1.44. The molecule has 0 aliphatic carbocycles. The van der Waals surface area contributed by atoms with E-state index in [1.165, 1.54) is 29.4 Å². The predicted octanol–water partition coefficient (Wildman–Crippen LogP) is 4.99. The highest BCUT2D eigenvalue weighted by molar-refractivity contribution is 5.96. The Morgan fingerprint density at radius 2 is 1.76 bits per heavy atom. The lowest BCUT2D eigenvalue weighted by Gasteiger charge is -2.22. The zero-order valence-electron chi connectivity index (χ0n) is 17.4. The van der Waals surface area contributed by atoms with Gasteiger partial charge in [-0.1, -0.05) is 30.3 Å². The van der Waals surface area contributed by atoms with Crippen LogP contribution in [0.15, 0.2) is 77.5 Å². The molecule has 33 heavy (non-hydrogen) atoms. The lowest BCUT2D eigenvalue weighted by molar-refractivity contribution is -0.137. The largest absolute Gasteiger partial charge is 0.467 e. The van der Waals surface area contributed by atoms with E-state index in [1.54, 1.807) is 18.3 Å². The molecular weight excluding hydrogens is 435 g/mol. The van der Waals surface area contributed by atoms with E-state index in [0.717, 1.165) is 22.5 Å². The Hall–Kier alpha value is -4.01. The fraction of sp³-hybridized carbons (Fsp3) is 0.167. The number of nitrogens with zero attached hydrogens (tertiary/aromatic N) is 1. The minimum Gasteiger partial charge on any atom is -0.467 e. The first kappa shape index (κ1) is 22.2. The molecule has 0 aliphatic rings. The van der Waals surface area contributed by atoms with Gasteiger partial charge in [-0.05, 0) is 35.9 Å². The number of halogens is 3.